The van der Waals surface area contributed by atoms with E-state index >= 15 is 0 Å². The molecule has 0 aromatic heterocycles. The summed E-state index contributed by atoms with van der Waals surface area (Å²) in [7, 11) is 0. The van der Waals surface area contributed by atoms with Gasteiger partial charge in [-0.15, -0.1) is 0 Å². The van der Waals surface area contributed by atoms with Crippen molar-refractivity contribution in [3.8, 4) is 0 Å². The molecule has 4 aliphatic rings. The van der Waals surface area contributed by atoms with Crippen LogP contribution in [-0.2, 0) is 28.7 Å². The fraction of sp³-hybridized carbons (Fsp3) is 0.559. The number of carbonyl (C=O) groups excluding carboxylic acids is 4. The topological polar surface area (TPSA) is 188 Å². The standard InChI is InChI=1S/C34H41NO10/c1-32-14-12-21(36)16-20(32)8-9-22-23-13-15-34(44,33(23,2)17-24(37)28(22)32)25(38)18-45-27(40)11-10-26(39)35-29(31(42)43)30(41)19-6-4-3-5-7-19/h3-7,12,14,16,22-24,28-30,37,41,44H,8-11,13,15,17-18H2,1-2H3,(H,35,39)(H,42,43). The summed E-state index contributed by atoms with van der Waals surface area (Å²) in [5.41, 5.74) is -1.94. The molecule has 5 rings (SSSR count). The number of ether oxygens (including phenoxy) is 1. The van der Waals surface area contributed by atoms with Crippen LogP contribution in [0, 0.1) is 28.6 Å². The van der Waals surface area contributed by atoms with E-state index < -0.39 is 77.8 Å². The van der Waals surface area contributed by atoms with Gasteiger partial charge in [0.15, 0.2) is 18.4 Å². The maximum Gasteiger partial charge on any atom is 0.329 e. The molecule has 11 heteroatoms. The van der Waals surface area contributed by atoms with Crippen molar-refractivity contribution in [2.24, 2.45) is 28.6 Å². The summed E-state index contributed by atoms with van der Waals surface area (Å²) < 4.78 is 5.15. The Labute approximate surface area is 261 Å². The second kappa shape index (κ2) is 12.3. The zero-order chi connectivity index (χ0) is 32.7. The van der Waals surface area contributed by atoms with Gasteiger partial charge >= 0.3 is 11.9 Å². The van der Waals surface area contributed by atoms with Crippen LogP contribution < -0.4 is 5.32 Å². The van der Waals surface area contributed by atoms with E-state index in [9.17, 15) is 44.4 Å². The van der Waals surface area contributed by atoms with Gasteiger partial charge in [-0.1, -0.05) is 55.8 Å². The molecule has 242 valence electrons. The number of ketones is 2. The van der Waals surface area contributed by atoms with Crippen LogP contribution in [0.1, 0.15) is 70.5 Å². The van der Waals surface area contributed by atoms with E-state index in [-0.39, 0.29) is 36.4 Å². The zero-order valence-electron chi connectivity index (χ0n) is 25.5. The molecule has 11 nitrogen and oxygen atoms in total. The van der Waals surface area contributed by atoms with E-state index in [0.29, 0.717) is 18.4 Å². The van der Waals surface area contributed by atoms with E-state index in [1.165, 1.54) is 12.1 Å². The first-order chi connectivity index (χ1) is 21.2. The Morgan fingerprint density at radius 1 is 1.09 bits per heavy atom. The first-order valence-electron chi connectivity index (χ1n) is 15.5. The number of fused-ring (bicyclic) bond motifs is 5. The van der Waals surface area contributed by atoms with Crippen molar-refractivity contribution in [1.29, 1.82) is 0 Å². The predicted octanol–water partition coefficient (Wildman–Crippen LogP) is 2.19. The zero-order valence-corrected chi connectivity index (χ0v) is 25.5. The molecule has 0 aliphatic heterocycles. The molecule has 0 heterocycles. The lowest BCUT2D eigenvalue weighted by Gasteiger charge is -2.59. The number of amides is 1. The minimum absolute atomic E-state index is 0.0247. The number of allylic oxidation sites excluding steroid dienone is 4. The third-order valence-corrected chi connectivity index (χ3v) is 11.1. The molecule has 0 bridgehead atoms. The van der Waals surface area contributed by atoms with Crippen LogP contribution in [0.2, 0.25) is 0 Å². The third-order valence-electron chi connectivity index (χ3n) is 11.1. The van der Waals surface area contributed by atoms with Gasteiger partial charge in [-0.2, -0.15) is 0 Å². The number of Topliss-reactive ketones (excluding diaryl/α,β-unsaturated/α-hetero) is 1. The highest BCUT2D eigenvalue weighted by Gasteiger charge is 2.68. The molecular formula is C34H41NO10. The average molecular weight is 624 g/mol. The minimum Gasteiger partial charge on any atom is -0.480 e. The molecule has 3 fully saturated rings. The van der Waals surface area contributed by atoms with Gasteiger partial charge in [-0.25, -0.2) is 4.79 Å². The molecule has 9 atom stereocenters. The smallest absolute Gasteiger partial charge is 0.329 e. The van der Waals surface area contributed by atoms with E-state index in [1.54, 1.807) is 30.4 Å². The van der Waals surface area contributed by atoms with E-state index in [0.717, 1.165) is 12.0 Å². The number of esters is 1. The Hall–Kier alpha value is -3.67. The number of aliphatic carboxylic acids is 1. The minimum atomic E-state index is -1.82. The lowest BCUT2D eigenvalue weighted by Crippen LogP contribution is -2.61. The number of benzene rings is 1. The van der Waals surface area contributed by atoms with Crippen LogP contribution >= 0.6 is 0 Å². The average Bonchev–Trinajstić information content (AvgIpc) is 3.28. The van der Waals surface area contributed by atoms with Gasteiger partial charge in [-0.3, -0.25) is 19.2 Å². The molecule has 1 aromatic rings. The van der Waals surface area contributed by atoms with E-state index in [2.05, 4.69) is 5.32 Å². The fourth-order valence-electron chi connectivity index (χ4n) is 8.71. The molecule has 0 spiro atoms. The van der Waals surface area contributed by atoms with Gasteiger partial charge in [0.1, 0.15) is 11.7 Å². The first kappa shape index (κ1) is 32.7. The summed E-state index contributed by atoms with van der Waals surface area (Å²) in [4.78, 5) is 62.1. The number of nitrogens with one attached hydrogen (secondary N) is 1. The van der Waals surface area contributed by atoms with E-state index in [1.807, 2.05) is 19.9 Å². The predicted molar refractivity (Wildman–Crippen MR) is 159 cm³/mol. The monoisotopic (exact) mass is 623 g/mol. The highest BCUT2D eigenvalue weighted by molar-refractivity contribution is 6.01. The second-order valence-corrected chi connectivity index (χ2v) is 13.4. The van der Waals surface area contributed by atoms with E-state index in [4.69, 9.17) is 4.74 Å². The summed E-state index contributed by atoms with van der Waals surface area (Å²) in [6.07, 6.45) is 4.24. The van der Waals surface area contributed by atoms with Gasteiger partial charge in [0.25, 0.3) is 0 Å². The summed E-state index contributed by atoms with van der Waals surface area (Å²) in [5.74, 6) is -4.04. The van der Waals surface area contributed by atoms with Crippen molar-refractivity contribution in [2.45, 2.75) is 82.6 Å². The number of hydrogen-bond donors (Lipinski definition) is 5. The largest absolute Gasteiger partial charge is 0.480 e. The SMILES string of the molecule is CC12C=CC(=O)C=C1CCC1C2C(O)CC2(C)C1CCC2(O)C(=O)COC(=O)CCC(=O)NC(C(=O)O)C(O)c1ccccc1. The Balaban J connectivity index is 1.17. The molecule has 0 saturated heterocycles. The number of carbonyl (C=O) groups is 5. The van der Waals surface area contributed by atoms with Crippen LogP contribution in [0.5, 0.6) is 0 Å². The van der Waals surface area contributed by atoms with Gasteiger partial charge in [-0.05, 0) is 61.7 Å². The van der Waals surface area contributed by atoms with Crippen molar-refractivity contribution in [3.63, 3.8) is 0 Å². The molecule has 0 radical (unpaired) electrons. The van der Waals surface area contributed by atoms with Crippen LogP contribution in [-0.4, -0.2) is 74.2 Å². The molecule has 4 aliphatic carbocycles. The van der Waals surface area contributed by atoms with Crippen molar-refractivity contribution in [1.82, 2.24) is 5.32 Å². The molecule has 9 unspecified atom stereocenters. The van der Waals surface area contributed by atoms with Gasteiger partial charge < -0.3 is 30.5 Å². The highest BCUT2D eigenvalue weighted by atomic mass is 16.5. The Kier molecular flexibility index (Phi) is 8.91. The maximum absolute atomic E-state index is 13.5. The summed E-state index contributed by atoms with van der Waals surface area (Å²) in [6, 6.07) is 6.34. The molecular weight excluding hydrogens is 582 g/mol. The Morgan fingerprint density at radius 3 is 2.49 bits per heavy atom. The van der Waals surface area contributed by atoms with Crippen LogP contribution in [0.4, 0.5) is 0 Å². The summed E-state index contributed by atoms with van der Waals surface area (Å²) in [5, 5.41) is 45.5. The fourth-order valence-corrected chi connectivity index (χ4v) is 8.71. The quantitative estimate of drug-likeness (QED) is 0.242. The molecule has 1 amide bonds. The number of carboxylic acids is 1. The lowest BCUT2D eigenvalue weighted by molar-refractivity contribution is -0.181. The molecule has 45 heavy (non-hydrogen) atoms. The van der Waals surface area contributed by atoms with Gasteiger partial charge in [0.05, 0.1) is 12.5 Å². The normalized spacial score (nSPS) is 34.8. The number of hydrogen-bond acceptors (Lipinski definition) is 9. The van der Waals surface area contributed by atoms with Crippen LogP contribution in [0.15, 0.2) is 54.1 Å². The molecule has 5 N–H and O–H groups in total. The van der Waals surface area contributed by atoms with Gasteiger partial charge in [0, 0.05) is 23.2 Å². The van der Waals surface area contributed by atoms with Crippen molar-refractivity contribution in [3.05, 3.63) is 59.7 Å². The first-order valence-corrected chi connectivity index (χ1v) is 15.5. The lowest BCUT2D eigenvalue weighted by atomic mass is 9.46. The van der Waals surface area contributed by atoms with Crippen LogP contribution in [0.3, 0.4) is 0 Å². The number of rotatable bonds is 10. The third kappa shape index (κ3) is 5.77. The summed E-state index contributed by atoms with van der Waals surface area (Å²) >= 11 is 0. The Bertz CT molecular complexity index is 1440. The molecule has 3 saturated carbocycles. The molecule has 1 aromatic carbocycles. The Morgan fingerprint density at radius 2 is 1.80 bits per heavy atom. The van der Waals surface area contributed by atoms with Crippen molar-refractivity contribution < 1.29 is 49.1 Å². The number of carboxylic acid groups (broad SMARTS) is 1. The summed E-state index contributed by atoms with van der Waals surface area (Å²) in [6.45, 7) is 3.16. The maximum atomic E-state index is 13.5. The highest BCUT2D eigenvalue weighted by Crippen LogP contribution is 2.67. The number of aliphatic hydroxyl groups is 3. The van der Waals surface area contributed by atoms with Crippen molar-refractivity contribution in [2.75, 3.05) is 6.61 Å². The number of aliphatic hydroxyl groups excluding tert-OH is 2. The van der Waals surface area contributed by atoms with Crippen LogP contribution in [0.25, 0.3) is 0 Å². The van der Waals surface area contributed by atoms with Crippen molar-refractivity contribution >= 4 is 29.4 Å². The van der Waals surface area contributed by atoms with Gasteiger partial charge in [0.2, 0.25) is 11.7 Å². The second-order valence-electron chi connectivity index (χ2n) is 13.4.